The van der Waals surface area contributed by atoms with Crippen molar-refractivity contribution >= 4 is 22.8 Å². The van der Waals surface area contributed by atoms with Crippen LogP contribution in [0.4, 0.5) is 5.95 Å². The van der Waals surface area contributed by atoms with Crippen LogP contribution in [0.3, 0.4) is 0 Å². The Hall–Kier alpha value is -2.21. The van der Waals surface area contributed by atoms with Crippen LogP contribution in [0.25, 0.3) is 10.9 Å². The third-order valence-corrected chi connectivity index (χ3v) is 5.75. The van der Waals surface area contributed by atoms with Gasteiger partial charge in [-0.15, -0.1) is 0 Å². The molecule has 2 aromatic rings. The van der Waals surface area contributed by atoms with Gasteiger partial charge in [0.2, 0.25) is 11.9 Å². The Kier molecular flexibility index (Phi) is 4.76. The van der Waals surface area contributed by atoms with E-state index in [-0.39, 0.29) is 12.0 Å². The van der Waals surface area contributed by atoms with Gasteiger partial charge >= 0.3 is 0 Å². The van der Waals surface area contributed by atoms with Gasteiger partial charge in [-0.1, -0.05) is 18.2 Å². The first-order valence-electron chi connectivity index (χ1n) is 9.56. The molecular weight excluding hydrogens is 328 g/mol. The zero-order valence-corrected chi connectivity index (χ0v) is 15.2. The molecule has 0 spiro atoms. The second-order valence-corrected chi connectivity index (χ2v) is 7.58. The summed E-state index contributed by atoms with van der Waals surface area (Å²) in [6, 6.07) is 6.54. The van der Waals surface area contributed by atoms with Crippen LogP contribution in [0.2, 0.25) is 0 Å². The molecule has 1 amide bonds. The Labute approximate surface area is 153 Å². The number of carbonyl (C=O) groups is 1. The molecule has 1 aromatic heterocycles. The first-order chi connectivity index (χ1) is 12.6. The Balaban J connectivity index is 1.57. The minimum Gasteiger partial charge on any atom is -0.393 e. The van der Waals surface area contributed by atoms with E-state index in [2.05, 4.69) is 16.4 Å². The van der Waals surface area contributed by atoms with Gasteiger partial charge in [0, 0.05) is 43.6 Å². The summed E-state index contributed by atoms with van der Waals surface area (Å²) < 4.78 is 0. The van der Waals surface area contributed by atoms with E-state index in [1.807, 2.05) is 23.2 Å². The quantitative estimate of drug-likeness (QED) is 0.886. The van der Waals surface area contributed by atoms with E-state index in [0.717, 1.165) is 56.1 Å². The molecule has 1 aliphatic carbocycles. The van der Waals surface area contributed by atoms with Crippen LogP contribution in [0.5, 0.6) is 0 Å². The van der Waals surface area contributed by atoms with Gasteiger partial charge < -0.3 is 15.3 Å². The number of hydrogen-bond donors (Lipinski definition) is 2. The molecule has 1 aliphatic heterocycles. The van der Waals surface area contributed by atoms with Gasteiger partial charge in [-0.3, -0.25) is 4.79 Å². The van der Waals surface area contributed by atoms with Crippen molar-refractivity contribution in [2.75, 3.05) is 18.4 Å². The number of hydrogen-bond acceptors (Lipinski definition) is 5. The highest BCUT2D eigenvalue weighted by Crippen LogP contribution is 2.32. The van der Waals surface area contributed by atoms with Crippen LogP contribution in [0.1, 0.15) is 50.5 Å². The summed E-state index contributed by atoms with van der Waals surface area (Å²) >= 11 is 0. The van der Waals surface area contributed by atoms with E-state index in [0.29, 0.717) is 17.9 Å². The van der Waals surface area contributed by atoms with E-state index in [1.54, 1.807) is 6.92 Å². The number of aromatic nitrogens is 2. The molecule has 4 rings (SSSR count). The lowest BCUT2D eigenvalue weighted by Gasteiger charge is -2.26. The number of fused-ring (bicyclic) bond motifs is 1. The van der Waals surface area contributed by atoms with Crippen LogP contribution < -0.4 is 5.32 Å². The van der Waals surface area contributed by atoms with Crippen molar-refractivity contribution in [3.05, 3.63) is 30.0 Å². The van der Waals surface area contributed by atoms with Gasteiger partial charge in [-0.05, 0) is 37.7 Å². The predicted molar refractivity (Wildman–Crippen MR) is 101 cm³/mol. The topological polar surface area (TPSA) is 78.4 Å². The molecule has 2 fully saturated rings. The number of nitrogens with zero attached hydrogens (tertiary/aromatic N) is 3. The third-order valence-electron chi connectivity index (χ3n) is 5.75. The SMILES string of the molecule is CC(=O)N1CCC(c2cccc3cnc(N[C@H]4CC[C@H](O)CC4)nc23)C1. The number of likely N-dealkylation sites (tertiary alicyclic amines) is 1. The molecule has 0 bridgehead atoms. The van der Waals surface area contributed by atoms with Crippen molar-refractivity contribution in [2.24, 2.45) is 0 Å². The number of aliphatic hydroxyl groups excluding tert-OH is 1. The summed E-state index contributed by atoms with van der Waals surface area (Å²) in [6.07, 6.45) is 6.25. The monoisotopic (exact) mass is 354 g/mol. The fraction of sp³-hybridized carbons (Fsp3) is 0.550. The van der Waals surface area contributed by atoms with Crippen LogP contribution >= 0.6 is 0 Å². The second kappa shape index (κ2) is 7.19. The smallest absolute Gasteiger partial charge is 0.223 e. The second-order valence-electron chi connectivity index (χ2n) is 7.58. The molecule has 6 heteroatoms. The van der Waals surface area contributed by atoms with E-state index in [4.69, 9.17) is 4.98 Å². The number of para-hydroxylation sites is 1. The molecule has 1 atom stereocenters. The molecule has 1 saturated carbocycles. The van der Waals surface area contributed by atoms with Crippen molar-refractivity contribution < 1.29 is 9.90 Å². The summed E-state index contributed by atoms with van der Waals surface area (Å²) in [5.74, 6) is 1.13. The third kappa shape index (κ3) is 3.51. The van der Waals surface area contributed by atoms with Crippen LogP contribution in [-0.2, 0) is 4.79 Å². The van der Waals surface area contributed by atoms with Crippen LogP contribution in [0, 0.1) is 0 Å². The number of carbonyl (C=O) groups excluding carboxylic acids is 1. The maximum atomic E-state index is 11.7. The Morgan fingerprint density at radius 2 is 2.04 bits per heavy atom. The first kappa shape index (κ1) is 17.2. The maximum absolute atomic E-state index is 11.7. The Morgan fingerprint density at radius 1 is 1.23 bits per heavy atom. The average molecular weight is 354 g/mol. The Bertz CT molecular complexity index is 801. The standard InChI is InChI=1S/C20H26N4O2/c1-13(25)24-10-9-15(12-24)18-4-2-3-14-11-21-20(23-19(14)18)22-16-5-7-17(26)8-6-16/h2-4,11,15-17,26H,5-10,12H2,1H3,(H,21,22,23)/t15?,16-,17-. The van der Waals surface area contributed by atoms with Gasteiger partial charge in [0.05, 0.1) is 11.6 Å². The fourth-order valence-electron chi connectivity index (χ4n) is 4.18. The molecule has 26 heavy (non-hydrogen) atoms. The molecule has 2 heterocycles. The summed E-state index contributed by atoms with van der Waals surface area (Å²) in [5.41, 5.74) is 2.19. The van der Waals surface area contributed by atoms with Gasteiger partial charge in [-0.25, -0.2) is 9.97 Å². The molecule has 1 unspecified atom stereocenters. The van der Waals surface area contributed by atoms with Gasteiger partial charge in [0.15, 0.2) is 0 Å². The number of anilines is 1. The summed E-state index contributed by atoms with van der Waals surface area (Å²) in [4.78, 5) is 22.9. The van der Waals surface area contributed by atoms with Crippen LogP contribution in [-0.4, -0.2) is 51.1 Å². The zero-order valence-electron chi connectivity index (χ0n) is 15.2. The molecule has 138 valence electrons. The van der Waals surface area contributed by atoms with Gasteiger partial charge in [0.25, 0.3) is 0 Å². The number of amides is 1. The lowest BCUT2D eigenvalue weighted by molar-refractivity contribution is -0.127. The molecule has 2 aliphatic rings. The highest BCUT2D eigenvalue weighted by atomic mass is 16.3. The summed E-state index contributed by atoms with van der Waals surface area (Å²) in [5, 5.41) is 14.1. The molecule has 1 saturated heterocycles. The van der Waals surface area contributed by atoms with E-state index >= 15 is 0 Å². The van der Waals surface area contributed by atoms with Crippen molar-refractivity contribution in [3.63, 3.8) is 0 Å². The summed E-state index contributed by atoms with van der Waals surface area (Å²) in [6.45, 7) is 3.22. The van der Waals surface area contributed by atoms with E-state index < -0.39 is 0 Å². The molecule has 0 radical (unpaired) electrons. The normalized spacial score (nSPS) is 26.2. The minimum atomic E-state index is -0.163. The lowest BCUT2D eigenvalue weighted by Crippen LogP contribution is -2.28. The fourth-order valence-corrected chi connectivity index (χ4v) is 4.18. The van der Waals surface area contributed by atoms with E-state index in [9.17, 15) is 9.90 Å². The van der Waals surface area contributed by atoms with Crippen molar-refractivity contribution in [2.45, 2.75) is 57.1 Å². The summed E-state index contributed by atoms with van der Waals surface area (Å²) in [7, 11) is 0. The molecule has 1 aromatic carbocycles. The molecular formula is C20H26N4O2. The maximum Gasteiger partial charge on any atom is 0.223 e. The van der Waals surface area contributed by atoms with E-state index in [1.165, 1.54) is 5.56 Å². The minimum absolute atomic E-state index is 0.143. The lowest BCUT2D eigenvalue weighted by atomic mass is 9.93. The average Bonchev–Trinajstić information content (AvgIpc) is 3.13. The van der Waals surface area contributed by atoms with Crippen LogP contribution in [0.15, 0.2) is 24.4 Å². The predicted octanol–water partition coefficient (Wildman–Crippen LogP) is 2.68. The highest BCUT2D eigenvalue weighted by Gasteiger charge is 2.27. The van der Waals surface area contributed by atoms with Gasteiger partial charge in [-0.2, -0.15) is 0 Å². The largest absolute Gasteiger partial charge is 0.393 e. The number of nitrogens with one attached hydrogen (secondary N) is 1. The number of rotatable bonds is 3. The Morgan fingerprint density at radius 3 is 2.77 bits per heavy atom. The number of aliphatic hydroxyl groups is 1. The first-order valence-corrected chi connectivity index (χ1v) is 9.56. The highest BCUT2D eigenvalue weighted by molar-refractivity contribution is 5.83. The molecule has 6 nitrogen and oxygen atoms in total. The molecule has 2 N–H and O–H groups in total. The van der Waals surface area contributed by atoms with Gasteiger partial charge in [0.1, 0.15) is 0 Å². The van der Waals surface area contributed by atoms with Crippen molar-refractivity contribution in [1.29, 1.82) is 0 Å². The zero-order chi connectivity index (χ0) is 18.1. The van der Waals surface area contributed by atoms with Crippen molar-refractivity contribution in [3.8, 4) is 0 Å². The van der Waals surface area contributed by atoms with Crippen molar-refractivity contribution in [1.82, 2.24) is 14.9 Å². The number of benzene rings is 1.